The number of ether oxygens (including phenoxy) is 2. The highest BCUT2D eigenvalue weighted by atomic mass is 16.5. The van der Waals surface area contributed by atoms with Crippen LogP contribution in [-0.4, -0.2) is 57.9 Å². The number of nitrogens with zero attached hydrogens (tertiary/aromatic N) is 1. The van der Waals surface area contributed by atoms with Crippen molar-refractivity contribution in [2.45, 2.75) is 84.3 Å². The Labute approximate surface area is 219 Å². The van der Waals surface area contributed by atoms with Crippen molar-refractivity contribution in [2.75, 3.05) is 11.9 Å². The van der Waals surface area contributed by atoms with E-state index < -0.39 is 12.1 Å². The number of carbonyl (C=O) groups excluding carboxylic acids is 1. The van der Waals surface area contributed by atoms with Gasteiger partial charge in [0, 0.05) is 24.2 Å². The van der Waals surface area contributed by atoms with Crippen molar-refractivity contribution in [3.63, 3.8) is 0 Å². The van der Waals surface area contributed by atoms with Gasteiger partial charge in [-0.05, 0) is 83.2 Å². The number of rotatable bonds is 11. The Morgan fingerprint density at radius 3 is 2.22 bits per heavy atom. The number of anilines is 1. The molecule has 0 radical (unpaired) electrons. The molecule has 0 heterocycles. The van der Waals surface area contributed by atoms with Crippen molar-refractivity contribution < 1.29 is 29.3 Å². The van der Waals surface area contributed by atoms with Gasteiger partial charge in [0.05, 0.1) is 24.4 Å². The molecule has 0 spiro atoms. The number of carboxylic acids is 1. The summed E-state index contributed by atoms with van der Waals surface area (Å²) < 4.78 is 11.5. The smallest absolute Gasteiger partial charge is 0.323 e. The van der Waals surface area contributed by atoms with E-state index >= 15 is 0 Å². The summed E-state index contributed by atoms with van der Waals surface area (Å²) in [4.78, 5) is 26.5. The number of hydrogen-bond acceptors (Lipinski definition) is 6. The molecule has 1 saturated carbocycles. The average Bonchev–Trinajstić information content (AvgIpc) is 2.99. The lowest BCUT2D eigenvalue weighted by Crippen LogP contribution is -2.39. The lowest BCUT2D eigenvalue weighted by molar-refractivity contribution is -0.147. The van der Waals surface area contributed by atoms with Gasteiger partial charge >= 0.3 is 5.97 Å². The zero-order chi connectivity index (χ0) is 26.9. The molecule has 1 fully saturated rings. The molecule has 202 valence electrons. The summed E-state index contributed by atoms with van der Waals surface area (Å²) in [5.41, 5.74) is 1.66. The summed E-state index contributed by atoms with van der Waals surface area (Å²) >= 11 is 0. The van der Waals surface area contributed by atoms with Gasteiger partial charge in [-0.3, -0.25) is 9.59 Å². The second kappa shape index (κ2) is 13.3. The molecule has 0 unspecified atom stereocenters. The van der Waals surface area contributed by atoms with Gasteiger partial charge in [0.15, 0.2) is 0 Å². The molecule has 1 amide bonds. The lowest BCUT2D eigenvalue weighted by Gasteiger charge is -2.26. The quantitative estimate of drug-likeness (QED) is 0.374. The summed E-state index contributed by atoms with van der Waals surface area (Å²) in [6, 6.07) is 14.8. The molecular weight excluding hydrogens is 472 g/mol. The summed E-state index contributed by atoms with van der Waals surface area (Å²) in [6.45, 7) is 7.62. The van der Waals surface area contributed by atoms with Gasteiger partial charge in [-0.25, -0.2) is 0 Å². The van der Waals surface area contributed by atoms with Crippen molar-refractivity contribution in [3.8, 4) is 11.5 Å². The predicted molar refractivity (Wildman–Crippen MR) is 143 cm³/mol. The number of nitrogens with one attached hydrogen (secondary N) is 1. The second-order valence-corrected chi connectivity index (χ2v) is 10.3. The summed E-state index contributed by atoms with van der Waals surface area (Å²) in [7, 11) is 0. The van der Waals surface area contributed by atoms with Crippen LogP contribution in [0.3, 0.4) is 0 Å². The fraction of sp³-hybridized carbons (Fsp3) is 0.517. The molecule has 2 aromatic rings. The lowest BCUT2D eigenvalue weighted by atomic mass is 9.98. The zero-order valence-electron chi connectivity index (χ0n) is 22.2. The number of carboxylic acid groups (broad SMARTS) is 1. The number of aliphatic hydroxyl groups is 1. The third kappa shape index (κ3) is 8.97. The third-order valence-corrected chi connectivity index (χ3v) is 6.29. The van der Waals surface area contributed by atoms with E-state index in [1.54, 1.807) is 0 Å². The van der Waals surface area contributed by atoms with E-state index in [9.17, 15) is 19.8 Å². The van der Waals surface area contributed by atoms with Crippen LogP contribution in [0.1, 0.15) is 58.9 Å². The Kier molecular flexibility index (Phi) is 10.2. The van der Waals surface area contributed by atoms with Crippen molar-refractivity contribution in [1.82, 2.24) is 4.90 Å². The highest BCUT2D eigenvalue weighted by Gasteiger charge is 2.32. The van der Waals surface area contributed by atoms with Gasteiger partial charge < -0.3 is 29.9 Å². The van der Waals surface area contributed by atoms with Crippen LogP contribution in [0.25, 0.3) is 0 Å². The number of carbonyl (C=O) groups is 2. The average molecular weight is 513 g/mol. The maximum absolute atomic E-state index is 13.5. The Bertz CT molecular complexity index is 1040. The molecule has 0 aromatic heterocycles. The van der Waals surface area contributed by atoms with Crippen LogP contribution in [0.15, 0.2) is 48.5 Å². The minimum atomic E-state index is -1.06. The fourth-order valence-corrected chi connectivity index (χ4v) is 4.69. The van der Waals surface area contributed by atoms with E-state index in [0.29, 0.717) is 31.4 Å². The summed E-state index contributed by atoms with van der Waals surface area (Å²) in [5, 5.41) is 23.7. The molecule has 8 nitrogen and oxygen atoms in total. The molecule has 1 aliphatic carbocycles. The van der Waals surface area contributed by atoms with Gasteiger partial charge in [-0.15, -0.1) is 0 Å². The minimum absolute atomic E-state index is 0.0104. The first-order valence-corrected chi connectivity index (χ1v) is 13.1. The van der Waals surface area contributed by atoms with Gasteiger partial charge in [0.1, 0.15) is 18.0 Å². The van der Waals surface area contributed by atoms with E-state index in [1.807, 2.05) is 76.2 Å². The van der Waals surface area contributed by atoms with Crippen molar-refractivity contribution in [1.29, 1.82) is 0 Å². The van der Waals surface area contributed by atoms with E-state index in [2.05, 4.69) is 5.32 Å². The topological polar surface area (TPSA) is 108 Å². The first-order valence-electron chi connectivity index (χ1n) is 13.1. The number of aliphatic hydroxyl groups excluding tert-OH is 1. The Morgan fingerprint density at radius 1 is 0.946 bits per heavy atom. The zero-order valence-corrected chi connectivity index (χ0v) is 22.2. The molecule has 0 aliphatic heterocycles. The molecule has 37 heavy (non-hydrogen) atoms. The van der Waals surface area contributed by atoms with Crippen molar-refractivity contribution >= 4 is 17.6 Å². The maximum Gasteiger partial charge on any atom is 0.323 e. The number of hydrogen-bond donors (Lipinski definition) is 3. The van der Waals surface area contributed by atoms with Crippen LogP contribution < -0.4 is 14.8 Å². The molecule has 3 atom stereocenters. The van der Waals surface area contributed by atoms with Gasteiger partial charge in [0.2, 0.25) is 5.91 Å². The van der Waals surface area contributed by atoms with Crippen LogP contribution in [0, 0.1) is 5.92 Å². The van der Waals surface area contributed by atoms with Gasteiger partial charge in [0.25, 0.3) is 0 Å². The van der Waals surface area contributed by atoms with Crippen molar-refractivity contribution in [3.05, 3.63) is 54.1 Å². The predicted octanol–water partition coefficient (Wildman–Crippen LogP) is 4.71. The first kappa shape index (κ1) is 28.3. The SMILES string of the molecule is CC(C)Oc1cccc(CN(CC(=O)O)C(=O)[C@@H]2CC[C@H](Nc3cccc(OC(C)C)c3)[C@@H](O)CC2)c1. The third-order valence-electron chi connectivity index (χ3n) is 6.29. The van der Waals surface area contributed by atoms with Crippen LogP contribution in [0.5, 0.6) is 11.5 Å². The molecular formula is C29H40N2O6. The molecule has 8 heteroatoms. The van der Waals surface area contributed by atoms with Gasteiger partial charge in [-0.2, -0.15) is 0 Å². The number of amides is 1. The normalized spacial score (nSPS) is 19.8. The standard InChI is InChI=1S/C29H40N2O6/c1-19(2)36-24-9-5-7-21(15-24)17-31(18-28(33)34)29(35)22-11-13-26(27(32)14-12-22)30-23-8-6-10-25(16-23)37-20(3)4/h5-10,15-16,19-20,22,26-27,30,32H,11-14,17-18H2,1-4H3,(H,33,34)/t22-,26+,27+/m1/s1. The molecule has 3 rings (SSSR count). The Morgan fingerprint density at radius 2 is 1.57 bits per heavy atom. The van der Waals surface area contributed by atoms with Crippen LogP contribution >= 0.6 is 0 Å². The molecule has 1 aliphatic rings. The van der Waals surface area contributed by atoms with E-state index in [4.69, 9.17) is 9.47 Å². The van der Waals surface area contributed by atoms with Crippen LogP contribution in [-0.2, 0) is 16.1 Å². The van der Waals surface area contributed by atoms with Crippen molar-refractivity contribution in [2.24, 2.45) is 5.92 Å². The Hall–Kier alpha value is -3.26. The monoisotopic (exact) mass is 512 g/mol. The fourth-order valence-electron chi connectivity index (χ4n) is 4.69. The van der Waals surface area contributed by atoms with E-state index in [-0.39, 0.29) is 43.2 Å². The highest BCUT2D eigenvalue weighted by Crippen LogP contribution is 2.29. The minimum Gasteiger partial charge on any atom is -0.491 e. The number of aliphatic carboxylic acids is 1. The Balaban J connectivity index is 1.67. The highest BCUT2D eigenvalue weighted by molar-refractivity contribution is 5.83. The maximum atomic E-state index is 13.5. The second-order valence-electron chi connectivity index (χ2n) is 10.3. The molecule has 0 saturated heterocycles. The van der Waals surface area contributed by atoms with Gasteiger partial charge in [-0.1, -0.05) is 18.2 Å². The van der Waals surface area contributed by atoms with E-state index in [1.165, 1.54) is 4.90 Å². The first-order chi connectivity index (χ1) is 17.6. The van der Waals surface area contributed by atoms with E-state index in [0.717, 1.165) is 17.0 Å². The molecule has 2 aromatic carbocycles. The molecule has 3 N–H and O–H groups in total. The van der Waals surface area contributed by atoms with Crippen LogP contribution in [0.4, 0.5) is 5.69 Å². The number of benzene rings is 2. The summed E-state index contributed by atoms with van der Waals surface area (Å²) in [5.74, 6) is -0.170. The summed E-state index contributed by atoms with van der Waals surface area (Å²) in [6.07, 6.45) is 1.55. The molecule has 0 bridgehead atoms. The largest absolute Gasteiger partial charge is 0.491 e. The van der Waals surface area contributed by atoms with Crippen LogP contribution in [0.2, 0.25) is 0 Å².